The van der Waals surface area contributed by atoms with Crippen LogP contribution in [0.25, 0.3) is 10.9 Å². The van der Waals surface area contributed by atoms with Crippen LogP contribution in [0.4, 0.5) is 0 Å². The Morgan fingerprint density at radius 3 is 2.52 bits per heavy atom. The van der Waals surface area contributed by atoms with Gasteiger partial charge in [-0.1, -0.05) is 29.8 Å². The minimum atomic E-state index is -3.54. The van der Waals surface area contributed by atoms with E-state index < -0.39 is 15.9 Å². The molecule has 3 rings (SSSR count). The van der Waals surface area contributed by atoms with Crippen LogP contribution in [0.15, 0.2) is 42.6 Å². The molecular weight excluding hydrogens is 436 g/mol. The SMILES string of the molecule is Cc1cc(OCCCc2cn(CCC(=O)NS(C)(=O)=O)c3ccccc23)cc(C)c1Cl. The zero-order valence-electron chi connectivity index (χ0n) is 17.9. The highest BCUT2D eigenvalue weighted by molar-refractivity contribution is 7.89. The van der Waals surface area contributed by atoms with Crippen LogP contribution in [-0.2, 0) is 27.8 Å². The summed E-state index contributed by atoms with van der Waals surface area (Å²) in [6, 6.07) is 11.9. The number of sulfonamides is 1. The molecule has 0 aliphatic heterocycles. The largest absolute Gasteiger partial charge is 0.494 e. The number of carbonyl (C=O) groups excluding carboxylic acids is 1. The number of nitrogens with one attached hydrogen (secondary N) is 1. The highest BCUT2D eigenvalue weighted by atomic mass is 35.5. The third-order valence-electron chi connectivity index (χ3n) is 5.02. The van der Waals surface area contributed by atoms with Crippen molar-refractivity contribution in [2.75, 3.05) is 12.9 Å². The van der Waals surface area contributed by atoms with Crippen LogP contribution >= 0.6 is 11.6 Å². The summed E-state index contributed by atoms with van der Waals surface area (Å²) in [6.07, 6.45) is 4.76. The van der Waals surface area contributed by atoms with Crippen molar-refractivity contribution in [3.8, 4) is 5.75 Å². The minimum Gasteiger partial charge on any atom is -0.494 e. The molecule has 1 heterocycles. The number of fused-ring (bicyclic) bond motifs is 1. The van der Waals surface area contributed by atoms with Gasteiger partial charge in [0.2, 0.25) is 15.9 Å². The molecule has 0 spiro atoms. The second-order valence-electron chi connectivity index (χ2n) is 7.74. The lowest BCUT2D eigenvalue weighted by molar-refractivity contribution is -0.119. The Morgan fingerprint density at radius 2 is 1.84 bits per heavy atom. The van der Waals surface area contributed by atoms with Gasteiger partial charge in [0.25, 0.3) is 0 Å². The Morgan fingerprint density at radius 1 is 1.16 bits per heavy atom. The van der Waals surface area contributed by atoms with Crippen LogP contribution in [0.5, 0.6) is 5.75 Å². The van der Waals surface area contributed by atoms with Gasteiger partial charge in [0.1, 0.15) is 5.75 Å². The number of nitrogens with zero attached hydrogens (tertiary/aromatic N) is 1. The number of benzene rings is 2. The average Bonchev–Trinajstić information content (AvgIpc) is 3.04. The van der Waals surface area contributed by atoms with Gasteiger partial charge in [-0.25, -0.2) is 8.42 Å². The summed E-state index contributed by atoms with van der Waals surface area (Å²) < 4.78 is 32.4. The second kappa shape index (κ2) is 9.75. The molecule has 0 aliphatic carbocycles. The van der Waals surface area contributed by atoms with Crippen LogP contribution in [0.3, 0.4) is 0 Å². The first kappa shape index (κ1) is 23.2. The highest BCUT2D eigenvalue weighted by Gasteiger charge is 2.12. The Kier molecular flexibility index (Phi) is 7.28. The van der Waals surface area contributed by atoms with Gasteiger partial charge in [0, 0.05) is 35.1 Å². The van der Waals surface area contributed by atoms with Crippen molar-refractivity contribution in [3.63, 3.8) is 0 Å². The molecule has 8 heteroatoms. The van der Waals surface area contributed by atoms with Gasteiger partial charge in [-0.2, -0.15) is 0 Å². The van der Waals surface area contributed by atoms with E-state index in [0.29, 0.717) is 13.2 Å². The zero-order valence-corrected chi connectivity index (χ0v) is 19.5. The fourth-order valence-corrected chi connectivity index (χ4v) is 4.25. The summed E-state index contributed by atoms with van der Waals surface area (Å²) in [4.78, 5) is 11.9. The topological polar surface area (TPSA) is 77.4 Å². The maximum atomic E-state index is 11.9. The van der Waals surface area contributed by atoms with Crippen molar-refractivity contribution in [1.29, 1.82) is 0 Å². The molecule has 0 atom stereocenters. The van der Waals surface area contributed by atoms with E-state index >= 15 is 0 Å². The molecule has 0 radical (unpaired) electrons. The van der Waals surface area contributed by atoms with Crippen LogP contribution < -0.4 is 9.46 Å². The molecule has 1 aromatic heterocycles. The molecule has 0 fully saturated rings. The third-order valence-corrected chi connectivity index (χ3v) is 6.21. The number of halogens is 1. The average molecular weight is 463 g/mol. The lowest BCUT2D eigenvalue weighted by Crippen LogP contribution is -2.29. The van der Waals surface area contributed by atoms with Gasteiger partial charge in [-0.15, -0.1) is 0 Å². The molecule has 0 unspecified atom stereocenters. The fourth-order valence-electron chi connectivity index (χ4n) is 3.63. The second-order valence-corrected chi connectivity index (χ2v) is 9.86. The maximum Gasteiger partial charge on any atom is 0.235 e. The van der Waals surface area contributed by atoms with Gasteiger partial charge >= 0.3 is 0 Å². The third kappa shape index (κ3) is 6.24. The molecule has 0 saturated carbocycles. The van der Waals surface area contributed by atoms with Gasteiger partial charge < -0.3 is 9.30 Å². The zero-order chi connectivity index (χ0) is 22.6. The molecule has 1 amide bonds. The molecule has 166 valence electrons. The molecule has 0 aliphatic rings. The number of ether oxygens (including phenoxy) is 1. The summed E-state index contributed by atoms with van der Waals surface area (Å²) in [5.41, 5.74) is 4.19. The van der Waals surface area contributed by atoms with Gasteiger partial charge in [0.05, 0.1) is 12.9 Å². The van der Waals surface area contributed by atoms with Crippen molar-refractivity contribution in [2.45, 2.75) is 39.7 Å². The van der Waals surface area contributed by atoms with E-state index in [1.807, 2.05) is 59.7 Å². The number of para-hydroxylation sites is 1. The first-order valence-corrected chi connectivity index (χ1v) is 12.4. The van der Waals surface area contributed by atoms with Crippen LogP contribution in [0, 0.1) is 13.8 Å². The van der Waals surface area contributed by atoms with Crippen molar-refractivity contribution in [3.05, 3.63) is 64.3 Å². The van der Waals surface area contributed by atoms with E-state index in [1.165, 1.54) is 5.56 Å². The van der Waals surface area contributed by atoms with E-state index in [4.69, 9.17) is 16.3 Å². The fraction of sp³-hybridized carbons (Fsp3) is 0.348. The maximum absolute atomic E-state index is 11.9. The van der Waals surface area contributed by atoms with Gasteiger partial charge in [-0.3, -0.25) is 9.52 Å². The number of hydrogen-bond acceptors (Lipinski definition) is 4. The summed E-state index contributed by atoms with van der Waals surface area (Å²) in [6.45, 7) is 4.92. The number of hydrogen-bond donors (Lipinski definition) is 1. The van der Waals surface area contributed by atoms with Gasteiger partial charge in [-0.05, 0) is 61.6 Å². The Labute approximate surface area is 188 Å². The molecule has 0 bridgehead atoms. The monoisotopic (exact) mass is 462 g/mol. The van der Waals surface area contributed by atoms with Crippen LogP contribution in [0.2, 0.25) is 5.02 Å². The lowest BCUT2D eigenvalue weighted by Gasteiger charge is -2.10. The molecule has 6 nitrogen and oxygen atoms in total. The number of aromatic nitrogens is 1. The number of rotatable bonds is 9. The summed E-state index contributed by atoms with van der Waals surface area (Å²) in [5.74, 6) is 0.308. The van der Waals surface area contributed by atoms with Crippen molar-refractivity contribution in [2.24, 2.45) is 0 Å². The smallest absolute Gasteiger partial charge is 0.235 e. The Hall–Kier alpha value is -2.51. The molecular formula is C23H27ClN2O4S. The molecule has 3 aromatic rings. The normalized spacial score (nSPS) is 11.6. The Balaban J connectivity index is 1.63. The number of carbonyl (C=O) groups is 1. The minimum absolute atomic E-state index is 0.0869. The van der Waals surface area contributed by atoms with Crippen LogP contribution in [0.1, 0.15) is 29.5 Å². The van der Waals surface area contributed by atoms with E-state index in [0.717, 1.165) is 51.9 Å². The van der Waals surface area contributed by atoms with Crippen LogP contribution in [-0.4, -0.2) is 31.8 Å². The van der Waals surface area contributed by atoms with E-state index in [9.17, 15) is 13.2 Å². The number of amides is 1. The number of aryl methyl sites for hydroxylation is 4. The van der Waals surface area contributed by atoms with Crippen molar-refractivity contribution in [1.82, 2.24) is 9.29 Å². The molecule has 0 saturated heterocycles. The van der Waals surface area contributed by atoms with Crippen molar-refractivity contribution < 1.29 is 17.9 Å². The first-order chi connectivity index (χ1) is 14.6. The van der Waals surface area contributed by atoms with E-state index in [-0.39, 0.29) is 6.42 Å². The standard InChI is InChI=1S/C23H27ClN2O4S/c1-16-13-19(14-17(2)23(16)24)30-12-6-7-18-15-26(21-9-5-4-8-20(18)21)11-10-22(27)25-31(3,28)29/h4-5,8-9,13-15H,6-7,10-12H2,1-3H3,(H,25,27). The Bertz CT molecular complexity index is 1180. The highest BCUT2D eigenvalue weighted by Crippen LogP contribution is 2.26. The molecule has 2 aromatic carbocycles. The lowest BCUT2D eigenvalue weighted by atomic mass is 10.1. The quantitative estimate of drug-likeness (QED) is 0.478. The molecule has 31 heavy (non-hydrogen) atoms. The predicted octanol–water partition coefficient (Wildman–Crippen LogP) is 4.39. The molecule has 1 N–H and O–H groups in total. The summed E-state index contributed by atoms with van der Waals surface area (Å²) in [5, 5.41) is 1.90. The first-order valence-electron chi connectivity index (χ1n) is 10.1. The summed E-state index contributed by atoms with van der Waals surface area (Å²) in [7, 11) is -3.54. The predicted molar refractivity (Wildman–Crippen MR) is 124 cm³/mol. The summed E-state index contributed by atoms with van der Waals surface area (Å²) >= 11 is 6.21. The van der Waals surface area contributed by atoms with E-state index in [1.54, 1.807) is 0 Å². The van der Waals surface area contributed by atoms with Crippen molar-refractivity contribution >= 4 is 38.4 Å². The van der Waals surface area contributed by atoms with E-state index in [2.05, 4.69) is 6.07 Å². The van der Waals surface area contributed by atoms with Gasteiger partial charge in [0.15, 0.2) is 0 Å².